The number of halogens is 2. The van der Waals surface area contributed by atoms with E-state index in [2.05, 4.69) is 20.6 Å². The maximum absolute atomic E-state index is 13.1. The minimum Gasteiger partial charge on any atom is -0.349 e. The fraction of sp³-hybridized carbons (Fsp3) is 0.273. The Hall–Kier alpha value is -3.06. The van der Waals surface area contributed by atoms with Gasteiger partial charge in [-0.15, -0.1) is 0 Å². The van der Waals surface area contributed by atoms with E-state index in [1.54, 1.807) is 24.4 Å². The number of nitrogens with zero attached hydrogens (tertiary/aromatic N) is 2. The Labute approximate surface area is 178 Å². The molecule has 4 rings (SSSR count). The van der Waals surface area contributed by atoms with E-state index in [1.807, 2.05) is 6.07 Å². The van der Waals surface area contributed by atoms with Crippen molar-refractivity contribution in [3.8, 4) is 0 Å². The van der Waals surface area contributed by atoms with Gasteiger partial charge in [0.25, 0.3) is 5.91 Å². The van der Waals surface area contributed by atoms with Gasteiger partial charge in [0.15, 0.2) is 0 Å². The van der Waals surface area contributed by atoms with Crippen LogP contribution in [0.25, 0.3) is 0 Å². The minimum absolute atomic E-state index is 0.0826. The molecule has 1 saturated carbocycles. The first-order valence-corrected chi connectivity index (χ1v) is 10.1. The highest BCUT2D eigenvalue weighted by atomic mass is 35.5. The molecule has 2 aliphatic rings. The second-order valence-electron chi connectivity index (χ2n) is 7.44. The zero-order valence-electron chi connectivity index (χ0n) is 16.1. The molecule has 2 aromatic rings. The van der Waals surface area contributed by atoms with E-state index >= 15 is 0 Å². The van der Waals surface area contributed by atoms with Crippen LogP contribution in [0.5, 0.6) is 0 Å². The first-order valence-electron chi connectivity index (χ1n) is 9.70. The lowest BCUT2D eigenvalue weighted by Crippen LogP contribution is -2.51. The molecule has 30 heavy (non-hydrogen) atoms. The SMILES string of the molecule is O=C(Nc1ccc(C2(C(=O)NC3C=CC(F)=CC3)CCC2)cn1)c1cc(Cl)ccn1. The Bertz CT molecular complexity index is 1030. The standard InChI is InChI=1S/C22H20ClFN4O2/c23-15-8-11-25-18(12-15)20(29)28-19-7-2-14(13-26-19)22(9-1-10-22)21(30)27-17-5-3-16(24)4-6-17/h2-5,7-8,11-13,17H,1,6,9-10H2,(H,27,30)(H,26,28,29). The number of pyridine rings is 2. The number of carbonyl (C=O) groups is 2. The van der Waals surface area contributed by atoms with Gasteiger partial charge in [-0.25, -0.2) is 9.37 Å². The Morgan fingerprint density at radius 2 is 2.03 bits per heavy atom. The van der Waals surface area contributed by atoms with Gasteiger partial charge in [-0.1, -0.05) is 30.2 Å². The van der Waals surface area contributed by atoms with Gasteiger partial charge >= 0.3 is 0 Å². The van der Waals surface area contributed by atoms with Crippen LogP contribution in [-0.2, 0) is 10.2 Å². The minimum atomic E-state index is -0.641. The molecule has 8 heteroatoms. The van der Waals surface area contributed by atoms with Gasteiger partial charge < -0.3 is 10.6 Å². The van der Waals surface area contributed by atoms with Crippen molar-refractivity contribution in [1.82, 2.24) is 15.3 Å². The van der Waals surface area contributed by atoms with Crippen LogP contribution in [0.2, 0.25) is 5.02 Å². The van der Waals surface area contributed by atoms with E-state index in [-0.39, 0.29) is 23.5 Å². The summed E-state index contributed by atoms with van der Waals surface area (Å²) in [7, 11) is 0. The molecule has 154 valence electrons. The molecule has 2 N–H and O–H groups in total. The number of rotatable bonds is 5. The number of anilines is 1. The summed E-state index contributed by atoms with van der Waals surface area (Å²) in [5.74, 6) is -0.427. The van der Waals surface area contributed by atoms with Crippen LogP contribution < -0.4 is 10.6 Å². The van der Waals surface area contributed by atoms with Gasteiger partial charge in [0.2, 0.25) is 5.91 Å². The Morgan fingerprint density at radius 1 is 1.20 bits per heavy atom. The number of aromatic nitrogens is 2. The third-order valence-corrected chi connectivity index (χ3v) is 5.76. The van der Waals surface area contributed by atoms with Crippen LogP contribution in [0.1, 0.15) is 41.7 Å². The highest BCUT2D eigenvalue weighted by molar-refractivity contribution is 6.30. The topological polar surface area (TPSA) is 84.0 Å². The summed E-state index contributed by atoms with van der Waals surface area (Å²) < 4.78 is 13.1. The summed E-state index contributed by atoms with van der Waals surface area (Å²) in [6, 6.07) is 6.32. The van der Waals surface area contributed by atoms with Gasteiger partial charge in [-0.2, -0.15) is 0 Å². The van der Waals surface area contributed by atoms with Crippen LogP contribution in [0, 0.1) is 0 Å². The van der Waals surface area contributed by atoms with Gasteiger partial charge in [-0.05, 0) is 55.2 Å². The number of allylic oxidation sites excluding steroid dienone is 2. The maximum Gasteiger partial charge on any atom is 0.275 e. The molecule has 0 saturated heterocycles. The summed E-state index contributed by atoms with van der Waals surface area (Å²) in [5, 5.41) is 6.09. The van der Waals surface area contributed by atoms with Crippen molar-refractivity contribution in [2.45, 2.75) is 37.1 Å². The average molecular weight is 427 g/mol. The van der Waals surface area contributed by atoms with E-state index in [0.717, 1.165) is 24.8 Å². The van der Waals surface area contributed by atoms with Gasteiger partial charge in [0.05, 0.1) is 11.5 Å². The van der Waals surface area contributed by atoms with Crippen LogP contribution >= 0.6 is 11.6 Å². The molecule has 6 nitrogen and oxygen atoms in total. The third kappa shape index (κ3) is 4.11. The molecule has 2 amide bonds. The van der Waals surface area contributed by atoms with E-state index in [4.69, 9.17) is 11.6 Å². The van der Waals surface area contributed by atoms with Crippen molar-refractivity contribution in [2.75, 3.05) is 5.32 Å². The molecular formula is C22H20ClFN4O2. The average Bonchev–Trinajstić information content (AvgIpc) is 2.70. The summed E-state index contributed by atoms with van der Waals surface area (Å²) in [5.41, 5.74) is 0.346. The molecule has 1 fully saturated rings. The number of carbonyl (C=O) groups excluding carboxylic acids is 2. The zero-order valence-corrected chi connectivity index (χ0v) is 16.8. The molecule has 0 aromatic carbocycles. The highest BCUT2D eigenvalue weighted by Crippen LogP contribution is 2.44. The molecule has 2 heterocycles. The lowest BCUT2D eigenvalue weighted by atomic mass is 9.64. The zero-order chi connectivity index (χ0) is 21.1. The Balaban J connectivity index is 1.44. The summed E-state index contributed by atoms with van der Waals surface area (Å²) >= 11 is 5.89. The number of hydrogen-bond acceptors (Lipinski definition) is 4. The van der Waals surface area contributed by atoms with E-state index in [1.165, 1.54) is 24.4 Å². The molecule has 0 bridgehead atoms. The van der Waals surface area contributed by atoms with E-state index in [0.29, 0.717) is 17.3 Å². The van der Waals surface area contributed by atoms with Gasteiger partial charge in [0.1, 0.15) is 17.3 Å². The summed E-state index contributed by atoms with van der Waals surface area (Å²) in [6.45, 7) is 0. The van der Waals surface area contributed by atoms with Crippen molar-refractivity contribution < 1.29 is 14.0 Å². The molecule has 2 aliphatic carbocycles. The van der Waals surface area contributed by atoms with Crippen LogP contribution in [0.15, 0.2) is 60.7 Å². The van der Waals surface area contributed by atoms with Gasteiger partial charge in [0, 0.05) is 17.4 Å². The van der Waals surface area contributed by atoms with Crippen molar-refractivity contribution in [2.24, 2.45) is 0 Å². The van der Waals surface area contributed by atoms with Crippen molar-refractivity contribution in [1.29, 1.82) is 0 Å². The molecule has 0 spiro atoms. The van der Waals surface area contributed by atoms with Gasteiger partial charge in [-0.3, -0.25) is 14.6 Å². The lowest BCUT2D eigenvalue weighted by Gasteiger charge is -2.41. The fourth-order valence-corrected chi connectivity index (χ4v) is 3.80. The summed E-state index contributed by atoms with van der Waals surface area (Å²) in [6.07, 6.45) is 10.4. The monoisotopic (exact) mass is 426 g/mol. The fourth-order valence-electron chi connectivity index (χ4n) is 3.65. The Kier molecular flexibility index (Phi) is 5.63. The van der Waals surface area contributed by atoms with Crippen molar-refractivity contribution in [3.63, 3.8) is 0 Å². The maximum atomic E-state index is 13.1. The van der Waals surface area contributed by atoms with Crippen LogP contribution in [0.3, 0.4) is 0 Å². The van der Waals surface area contributed by atoms with Crippen LogP contribution in [-0.4, -0.2) is 27.8 Å². The predicted molar refractivity (Wildman–Crippen MR) is 112 cm³/mol. The van der Waals surface area contributed by atoms with E-state index in [9.17, 15) is 14.0 Å². The van der Waals surface area contributed by atoms with Crippen LogP contribution in [0.4, 0.5) is 10.2 Å². The first-order chi connectivity index (χ1) is 14.5. The number of amides is 2. The molecule has 2 aromatic heterocycles. The van der Waals surface area contributed by atoms with E-state index < -0.39 is 11.3 Å². The van der Waals surface area contributed by atoms with Crippen molar-refractivity contribution in [3.05, 3.63) is 77.0 Å². The number of nitrogens with one attached hydrogen (secondary N) is 2. The second-order valence-corrected chi connectivity index (χ2v) is 7.88. The lowest BCUT2D eigenvalue weighted by molar-refractivity contribution is -0.130. The van der Waals surface area contributed by atoms with Crippen molar-refractivity contribution >= 4 is 29.2 Å². The highest BCUT2D eigenvalue weighted by Gasteiger charge is 2.46. The molecule has 1 atom stereocenters. The smallest absolute Gasteiger partial charge is 0.275 e. The summed E-state index contributed by atoms with van der Waals surface area (Å²) in [4.78, 5) is 33.6. The molecule has 0 radical (unpaired) electrons. The third-order valence-electron chi connectivity index (χ3n) is 5.53. The number of hydrogen-bond donors (Lipinski definition) is 2. The quantitative estimate of drug-likeness (QED) is 0.753. The first kappa shape index (κ1) is 20.2. The molecule has 1 unspecified atom stereocenters. The predicted octanol–water partition coefficient (Wildman–Crippen LogP) is 4.10. The normalized spacial score (nSPS) is 19.4. The molecule has 0 aliphatic heterocycles. The Morgan fingerprint density at radius 3 is 2.63 bits per heavy atom. The molecular weight excluding hydrogens is 407 g/mol. The second kappa shape index (κ2) is 8.36. The largest absolute Gasteiger partial charge is 0.349 e.